The molecule has 14 heavy (non-hydrogen) atoms. The molecule has 1 aromatic carbocycles. The third kappa shape index (κ3) is 5.02. The number of benzene rings is 1. The van der Waals surface area contributed by atoms with Gasteiger partial charge in [-0.3, -0.25) is 0 Å². The van der Waals surface area contributed by atoms with Gasteiger partial charge in [0.05, 0.1) is 13.2 Å². The van der Waals surface area contributed by atoms with Crippen LogP contribution in [-0.2, 0) is 4.74 Å². The van der Waals surface area contributed by atoms with Gasteiger partial charge in [-0.05, 0) is 40.8 Å². The maximum Gasteiger partial charge on any atom is 0.120 e. The quantitative estimate of drug-likeness (QED) is 0.455. The van der Waals surface area contributed by atoms with Crippen molar-refractivity contribution in [2.24, 2.45) is 0 Å². The van der Waals surface area contributed by atoms with Gasteiger partial charge in [0.2, 0.25) is 0 Å². The van der Waals surface area contributed by atoms with E-state index in [1.807, 2.05) is 24.3 Å². The Bertz CT molecular complexity index is 268. The number of halogens is 2. The van der Waals surface area contributed by atoms with Crippen molar-refractivity contribution < 1.29 is 9.47 Å². The van der Waals surface area contributed by atoms with Gasteiger partial charge < -0.3 is 9.47 Å². The van der Waals surface area contributed by atoms with Crippen molar-refractivity contribution in [3.05, 3.63) is 27.8 Å². The Morgan fingerprint density at radius 3 is 2.79 bits per heavy atom. The molecule has 1 aromatic rings. The average molecular weight is 327 g/mol. The van der Waals surface area contributed by atoms with Gasteiger partial charge in [-0.25, -0.2) is 0 Å². The molecule has 0 saturated heterocycles. The number of alkyl halides is 1. The highest BCUT2D eigenvalue weighted by molar-refractivity contribution is 14.1. The molecular formula is C10H12ClIO2. The van der Waals surface area contributed by atoms with E-state index < -0.39 is 0 Å². The number of hydrogen-bond donors (Lipinski definition) is 0. The predicted octanol–water partition coefficient (Wildman–Crippen LogP) is 2.93. The molecule has 1 rings (SSSR count). The van der Waals surface area contributed by atoms with Crippen LogP contribution < -0.4 is 4.74 Å². The first-order valence-electron chi connectivity index (χ1n) is 4.35. The number of ether oxygens (including phenoxy) is 2. The largest absolute Gasteiger partial charge is 0.491 e. The van der Waals surface area contributed by atoms with Crippen LogP contribution in [0.1, 0.15) is 0 Å². The molecule has 0 aromatic heterocycles. The zero-order chi connectivity index (χ0) is 10.2. The Labute approximate surface area is 103 Å². The van der Waals surface area contributed by atoms with Gasteiger partial charge in [-0.1, -0.05) is 6.07 Å². The van der Waals surface area contributed by atoms with Crippen molar-refractivity contribution in [3.63, 3.8) is 0 Å². The summed E-state index contributed by atoms with van der Waals surface area (Å²) in [5, 5.41) is 0. The summed E-state index contributed by atoms with van der Waals surface area (Å²) in [6.07, 6.45) is 0. The van der Waals surface area contributed by atoms with Crippen LogP contribution in [0.5, 0.6) is 5.75 Å². The molecule has 4 heteroatoms. The first-order chi connectivity index (χ1) is 6.83. The van der Waals surface area contributed by atoms with Crippen molar-refractivity contribution in [1.82, 2.24) is 0 Å². The van der Waals surface area contributed by atoms with Crippen molar-refractivity contribution in [1.29, 1.82) is 0 Å². The third-order valence-corrected chi connectivity index (χ3v) is 2.34. The topological polar surface area (TPSA) is 18.5 Å². The van der Waals surface area contributed by atoms with E-state index in [9.17, 15) is 0 Å². The van der Waals surface area contributed by atoms with Crippen LogP contribution in [-0.4, -0.2) is 25.7 Å². The monoisotopic (exact) mass is 326 g/mol. The van der Waals surface area contributed by atoms with Gasteiger partial charge >= 0.3 is 0 Å². The maximum atomic E-state index is 5.46. The van der Waals surface area contributed by atoms with E-state index in [-0.39, 0.29) is 0 Å². The molecule has 0 fully saturated rings. The van der Waals surface area contributed by atoms with E-state index in [4.69, 9.17) is 21.1 Å². The minimum absolute atomic E-state index is 0.531. The molecule has 0 unspecified atom stereocenters. The lowest BCUT2D eigenvalue weighted by molar-refractivity contribution is 0.111. The molecule has 2 nitrogen and oxygen atoms in total. The van der Waals surface area contributed by atoms with Crippen LogP contribution in [0.3, 0.4) is 0 Å². The summed E-state index contributed by atoms with van der Waals surface area (Å²) in [6, 6.07) is 7.92. The van der Waals surface area contributed by atoms with E-state index in [2.05, 4.69) is 22.6 Å². The second-order valence-corrected chi connectivity index (χ2v) is 4.23. The molecular weight excluding hydrogens is 314 g/mol. The smallest absolute Gasteiger partial charge is 0.120 e. The van der Waals surface area contributed by atoms with E-state index in [1.54, 1.807) is 0 Å². The summed E-state index contributed by atoms with van der Waals surface area (Å²) in [5.41, 5.74) is 0. The highest BCUT2D eigenvalue weighted by Gasteiger charge is 1.94. The Balaban J connectivity index is 2.18. The summed E-state index contributed by atoms with van der Waals surface area (Å²) in [5.74, 6) is 1.41. The van der Waals surface area contributed by atoms with Gasteiger partial charge in [0.25, 0.3) is 0 Å². The fourth-order valence-corrected chi connectivity index (χ4v) is 1.56. The van der Waals surface area contributed by atoms with Crippen LogP contribution in [0.15, 0.2) is 24.3 Å². The standard InChI is InChI=1S/C10H12ClIO2/c11-4-5-13-6-7-14-10-3-1-2-9(12)8-10/h1-3,8H,4-7H2. The van der Waals surface area contributed by atoms with E-state index in [0.29, 0.717) is 25.7 Å². The second kappa shape index (κ2) is 7.31. The van der Waals surface area contributed by atoms with Crippen LogP contribution in [0.25, 0.3) is 0 Å². The van der Waals surface area contributed by atoms with Gasteiger partial charge in [-0.2, -0.15) is 0 Å². The summed E-state index contributed by atoms with van der Waals surface area (Å²) in [7, 11) is 0. The van der Waals surface area contributed by atoms with Gasteiger partial charge in [0.15, 0.2) is 0 Å². The van der Waals surface area contributed by atoms with Crippen LogP contribution in [0, 0.1) is 3.57 Å². The Morgan fingerprint density at radius 1 is 1.21 bits per heavy atom. The Morgan fingerprint density at radius 2 is 2.07 bits per heavy atom. The lowest BCUT2D eigenvalue weighted by Crippen LogP contribution is -2.07. The van der Waals surface area contributed by atoms with Crippen molar-refractivity contribution in [2.75, 3.05) is 25.7 Å². The summed E-state index contributed by atoms with van der Waals surface area (Å²) >= 11 is 7.70. The number of hydrogen-bond acceptors (Lipinski definition) is 2. The molecule has 0 atom stereocenters. The molecule has 78 valence electrons. The molecule has 0 aliphatic heterocycles. The fraction of sp³-hybridized carbons (Fsp3) is 0.400. The van der Waals surface area contributed by atoms with Crippen LogP contribution in [0.2, 0.25) is 0 Å². The SMILES string of the molecule is ClCCOCCOc1cccc(I)c1. The van der Waals surface area contributed by atoms with E-state index in [0.717, 1.165) is 5.75 Å². The lowest BCUT2D eigenvalue weighted by Gasteiger charge is -2.06. The molecule has 0 N–H and O–H groups in total. The predicted molar refractivity (Wildman–Crippen MR) is 66.2 cm³/mol. The van der Waals surface area contributed by atoms with Crippen molar-refractivity contribution >= 4 is 34.2 Å². The molecule has 0 aliphatic carbocycles. The normalized spacial score (nSPS) is 10.1. The fourth-order valence-electron chi connectivity index (χ4n) is 0.932. The van der Waals surface area contributed by atoms with Crippen molar-refractivity contribution in [2.45, 2.75) is 0 Å². The number of rotatable bonds is 6. The zero-order valence-electron chi connectivity index (χ0n) is 7.71. The lowest BCUT2D eigenvalue weighted by atomic mass is 10.3. The highest BCUT2D eigenvalue weighted by atomic mass is 127. The second-order valence-electron chi connectivity index (χ2n) is 2.61. The summed E-state index contributed by atoms with van der Waals surface area (Å²) in [6.45, 7) is 1.73. The maximum absolute atomic E-state index is 5.46. The average Bonchev–Trinajstić information content (AvgIpc) is 2.18. The minimum Gasteiger partial charge on any atom is -0.491 e. The zero-order valence-corrected chi connectivity index (χ0v) is 10.6. The molecule has 0 radical (unpaired) electrons. The summed E-state index contributed by atoms with van der Waals surface area (Å²) < 4.78 is 11.8. The molecule has 0 aliphatic rings. The molecule has 0 amide bonds. The van der Waals surface area contributed by atoms with Crippen LogP contribution >= 0.6 is 34.2 Å². The molecule has 0 saturated carbocycles. The van der Waals surface area contributed by atoms with Gasteiger partial charge in [0.1, 0.15) is 12.4 Å². The third-order valence-electron chi connectivity index (χ3n) is 1.51. The van der Waals surface area contributed by atoms with E-state index >= 15 is 0 Å². The van der Waals surface area contributed by atoms with Crippen LogP contribution in [0.4, 0.5) is 0 Å². The Kier molecular flexibility index (Phi) is 6.31. The van der Waals surface area contributed by atoms with Crippen molar-refractivity contribution in [3.8, 4) is 5.75 Å². The minimum atomic E-state index is 0.531. The first kappa shape index (κ1) is 12.1. The van der Waals surface area contributed by atoms with Gasteiger partial charge in [-0.15, -0.1) is 11.6 Å². The molecule has 0 bridgehead atoms. The Hall–Kier alpha value is -0.000000000000000111. The highest BCUT2D eigenvalue weighted by Crippen LogP contribution is 2.14. The summed E-state index contributed by atoms with van der Waals surface area (Å²) in [4.78, 5) is 0. The molecule has 0 heterocycles. The van der Waals surface area contributed by atoms with E-state index in [1.165, 1.54) is 3.57 Å². The molecule has 0 spiro atoms. The first-order valence-corrected chi connectivity index (χ1v) is 5.96. The van der Waals surface area contributed by atoms with Gasteiger partial charge in [0, 0.05) is 9.45 Å².